The Kier molecular flexibility index (Phi) is 2.48. The summed E-state index contributed by atoms with van der Waals surface area (Å²) in [5.41, 5.74) is -0.788. The van der Waals surface area contributed by atoms with Gasteiger partial charge in [0.2, 0.25) is 0 Å². The zero-order valence-corrected chi connectivity index (χ0v) is 7.43. The molecule has 0 fully saturated rings. The lowest BCUT2D eigenvalue weighted by Crippen LogP contribution is -2.17. The van der Waals surface area contributed by atoms with Gasteiger partial charge in [-0.05, 0) is 6.92 Å². The van der Waals surface area contributed by atoms with Gasteiger partial charge in [0.25, 0.3) is 0 Å². The average Bonchev–Trinajstić information content (AvgIpc) is 2.52. The first kappa shape index (κ1) is 9.20. The molecule has 0 radical (unpaired) electrons. The van der Waals surface area contributed by atoms with Crippen molar-refractivity contribution in [1.82, 2.24) is 4.98 Å². The lowest BCUT2D eigenvalue weighted by atomic mass is 10.1. The number of thiazole rings is 1. The highest BCUT2D eigenvalue weighted by atomic mass is 32.1. The van der Waals surface area contributed by atoms with Crippen molar-refractivity contribution in [3.05, 3.63) is 16.1 Å². The van der Waals surface area contributed by atoms with E-state index in [-0.39, 0.29) is 6.61 Å². The summed E-state index contributed by atoms with van der Waals surface area (Å²) in [6, 6.07) is 0. The van der Waals surface area contributed by atoms with Crippen molar-refractivity contribution in [2.75, 3.05) is 0 Å². The first-order valence-electron chi connectivity index (χ1n) is 3.36. The Morgan fingerprint density at radius 3 is 2.92 bits per heavy atom. The van der Waals surface area contributed by atoms with Crippen LogP contribution in [0.3, 0.4) is 0 Å². The number of hydrogen-bond donors (Lipinski definition) is 2. The van der Waals surface area contributed by atoms with E-state index in [1.54, 1.807) is 5.38 Å². The zero-order valence-electron chi connectivity index (χ0n) is 6.61. The van der Waals surface area contributed by atoms with Crippen molar-refractivity contribution in [2.45, 2.75) is 19.1 Å². The molecule has 64 valence electrons. The van der Waals surface area contributed by atoms with Crippen LogP contribution in [0.1, 0.15) is 17.6 Å². The second-order valence-electron chi connectivity index (χ2n) is 2.52. The number of rotatable bonds is 2. The van der Waals surface area contributed by atoms with Gasteiger partial charge in [-0.25, -0.2) is 4.98 Å². The van der Waals surface area contributed by atoms with Crippen LogP contribution in [0.25, 0.3) is 0 Å². The van der Waals surface area contributed by atoms with Gasteiger partial charge in [0.15, 0.2) is 5.60 Å². The number of hydrogen-bond acceptors (Lipinski definition) is 4. The van der Waals surface area contributed by atoms with E-state index >= 15 is 0 Å². The molecule has 0 amide bonds. The van der Waals surface area contributed by atoms with Crippen LogP contribution in [0, 0.1) is 12.3 Å². The molecule has 12 heavy (non-hydrogen) atoms. The second kappa shape index (κ2) is 3.23. The topological polar surface area (TPSA) is 53.4 Å². The molecule has 0 saturated heterocycles. The molecule has 1 aromatic heterocycles. The van der Waals surface area contributed by atoms with Crippen LogP contribution in [-0.2, 0) is 12.2 Å². The molecule has 0 aliphatic rings. The van der Waals surface area contributed by atoms with Gasteiger partial charge in [0.1, 0.15) is 5.01 Å². The predicted octanol–water partition coefficient (Wildman–Crippen LogP) is 0.476. The third-order valence-corrected chi connectivity index (χ3v) is 2.51. The Balaban J connectivity index is 2.98. The summed E-state index contributed by atoms with van der Waals surface area (Å²) in [6.07, 6.45) is 5.09. The Bertz CT molecular complexity index is 311. The molecule has 2 N–H and O–H groups in total. The molecule has 1 unspecified atom stereocenters. The Morgan fingerprint density at radius 1 is 1.83 bits per heavy atom. The van der Waals surface area contributed by atoms with Gasteiger partial charge < -0.3 is 10.2 Å². The minimum Gasteiger partial charge on any atom is -0.390 e. The van der Waals surface area contributed by atoms with Crippen molar-refractivity contribution < 1.29 is 10.2 Å². The molecule has 3 nitrogen and oxygen atoms in total. The summed E-state index contributed by atoms with van der Waals surface area (Å²) in [5, 5.41) is 20.3. The van der Waals surface area contributed by atoms with Crippen molar-refractivity contribution in [3.63, 3.8) is 0 Å². The van der Waals surface area contributed by atoms with Crippen LogP contribution in [-0.4, -0.2) is 15.2 Å². The molecule has 0 spiro atoms. The van der Waals surface area contributed by atoms with Gasteiger partial charge >= 0.3 is 0 Å². The smallest absolute Gasteiger partial charge is 0.174 e. The number of aliphatic hydroxyl groups is 2. The van der Waals surface area contributed by atoms with Crippen molar-refractivity contribution in [2.24, 2.45) is 0 Å². The summed E-state index contributed by atoms with van der Waals surface area (Å²) in [4.78, 5) is 3.95. The fourth-order valence-electron chi connectivity index (χ4n) is 0.665. The van der Waals surface area contributed by atoms with E-state index < -0.39 is 5.60 Å². The quantitative estimate of drug-likeness (QED) is 0.655. The van der Waals surface area contributed by atoms with Crippen LogP contribution >= 0.6 is 11.3 Å². The minimum atomic E-state index is -1.32. The minimum absolute atomic E-state index is 0.128. The maximum atomic E-state index is 9.53. The lowest BCUT2D eigenvalue weighted by molar-refractivity contribution is 0.121. The molecule has 0 bridgehead atoms. The molecule has 1 rings (SSSR count). The molecule has 0 saturated carbocycles. The fourth-order valence-corrected chi connectivity index (χ4v) is 1.50. The predicted molar refractivity (Wildman–Crippen MR) is 46.4 cm³/mol. The summed E-state index contributed by atoms with van der Waals surface area (Å²) in [6.45, 7) is 1.37. The standard InChI is InChI=1S/C8H9NO2S/c1-3-8(2,11)7-9-6(4-10)5-12-7/h1,5,10-11H,4H2,2H3. The zero-order chi connectivity index (χ0) is 9.19. The van der Waals surface area contributed by atoms with Crippen LogP contribution in [0.5, 0.6) is 0 Å². The maximum absolute atomic E-state index is 9.53. The van der Waals surface area contributed by atoms with Gasteiger partial charge in [0, 0.05) is 5.38 Å². The van der Waals surface area contributed by atoms with Crippen LogP contribution < -0.4 is 0 Å². The van der Waals surface area contributed by atoms with Crippen LogP contribution in [0.2, 0.25) is 0 Å². The van der Waals surface area contributed by atoms with E-state index in [4.69, 9.17) is 11.5 Å². The Labute approximate surface area is 74.7 Å². The van der Waals surface area contributed by atoms with Crippen molar-refractivity contribution in [1.29, 1.82) is 0 Å². The van der Waals surface area contributed by atoms with E-state index in [2.05, 4.69) is 10.9 Å². The number of nitrogens with zero attached hydrogens (tertiary/aromatic N) is 1. The fraction of sp³-hybridized carbons (Fsp3) is 0.375. The van der Waals surface area contributed by atoms with E-state index in [1.165, 1.54) is 18.3 Å². The Morgan fingerprint density at radius 2 is 2.50 bits per heavy atom. The SMILES string of the molecule is C#CC(C)(O)c1nc(CO)cs1. The molecular formula is C8H9NO2S. The van der Waals surface area contributed by atoms with Gasteiger partial charge in [-0.2, -0.15) is 0 Å². The monoisotopic (exact) mass is 183 g/mol. The van der Waals surface area contributed by atoms with E-state index in [9.17, 15) is 5.11 Å². The normalized spacial score (nSPS) is 15.2. The highest BCUT2D eigenvalue weighted by Gasteiger charge is 2.23. The van der Waals surface area contributed by atoms with E-state index in [1.807, 2.05) is 0 Å². The third kappa shape index (κ3) is 1.64. The largest absolute Gasteiger partial charge is 0.390 e. The van der Waals surface area contributed by atoms with Gasteiger partial charge in [0.05, 0.1) is 12.3 Å². The summed E-state index contributed by atoms with van der Waals surface area (Å²) in [7, 11) is 0. The van der Waals surface area contributed by atoms with Crippen molar-refractivity contribution >= 4 is 11.3 Å². The molecule has 4 heteroatoms. The number of terminal acetylenes is 1. The highest BCUT2D eigenvalue weighted by Crippen LogP contribution is 2.23. The van der Waals surface area contributed by atoms with E-state index in [0.717, 1.165) is 0 Å². The molecule has 1 heterocycles. The van der Waals surface area contributed by atoms with Gasteiger partial charge in [-0.15, -0.1) is 17.8 Å². The molecule has 0 aliphatic heterocycles. The van der Waals surface area contributed by atoms with Crippen LogP contribution in [0.4, 0.5) is 0 Å². The van der Waals surface area contributed by atoms with Crippen LogP contribution in [0.15, 0.2) is 5.38 Å². The molecule has 0 aliphatic carbocycles. The summed E-state index contributed by atoms with van der Waals surface area (Å²) in [5.74, 6) is 2.22. The van der Waals surface area contributed by atoms with E-state index in [0.29, 0.717) is 10.7 Å². The summed E-state index contributed by atoms with van der Waals surface area (Å²) < 4.78 is 0. The van der Waals surface area contributed by atoms with Crippen molar-refractivity contribution in [3.8, 4) is 12.3 Å². The van der Waals surface area contributed by atoms with Gasteiger partial charge in [-0.1, -0.05) is 5.92 Å². The number of aliphatic hydroxyl groups excluding tert-OH is 1. The lowest BCUT2D eigenvalue weighted by Gasteiger charge is -2.11. The molecular weight excluding hydrogens is 174 g/mol. The average molecular weight is 183 g/mol. The number of aromatic nitrogens is 1. The Hall–Kier alpha value is -0.890. The summed E-state index contributed by atoms with van der Waals surface area (Å²) >= 11 is 1.24. The first-order chi connectivity index (χ1) is 5.60. The molecule has 1 atom stereocenters. The first-order valence-corrected chi connectivity index (χ1v) is 4.24. The maximum Gasteiger partial charge on any atom is 0.174 e. The van der Waals surface area contributed by atoms with Gasteiger partial charge in [-0.3, -0.25) is 0 Å². The highest BCUT2D eigenvalue weighted by molar-refractivity contribution is 7.09. The third-order valence-electron chi connectivity index (χ3n) is 1.41. The molecule has 1 aromatic rings. The molecule has 0 aromatic carbocycles. The second-order valence-corrected chi connectivity index (χ2v) is 3.38.